The molecule has 2 nitrogen and oxygen atoms in total. The molecule has 0 saturated carbocycles. The monoisotopic (exact) mass is 168 g/mol. The maximum absolute atomic E-state index is 3.53. The molecule has 2 fully saturated rings. The fraction of sp³-hybridized carbons (Fsp3) is 1.00. The molecule has 2 aliphatic rings. The number of hydrogen-bond donors (Lipinski definition) is 1. The van der Waals surface area contributed by atoms with E-state index in [0.717, 1.165) is 12.0 Å². The average Bonchev–Trinajstić information content (AvgIpc) is 2.03. The van der Waals surface area contributed by atoms with Gasteiger partial charge in [-0.15, -0.1) is 0 Å². The third kappa shape index (κ3) is 1.64. The molecule has 1 atom stereocenters. The van der Waals surface area contributed by atoms with Gasteiger partial charge in [-0.2, -0.15) is 0 Å². The Morgan fingerprint density at radius 2 is 1.92 bits per heavy atom. The Bertz CT molecular complexity index is 135. The van der Waals surface area contributed by atoms with Gasteiger partial charge in [0.1, 0.15) is 0 Å². The second kappa shape index (κ2) is 3.75. The number of hydrogen-bond acceptors (Lipinski definition) is 2. The Morgan fingerprint density at radius 3 is 2.33 bits per heavy atom. The van der Waals surface area contributed by atoms with Crippen LogP contribution in [0.15, 0.2) is 0 Å². The van der Waals surface area contributed by atoms with Gasteiger partial charge >= 0.3 is 0 Å². The fourth-order valence-corrected chi connectivity index (χ4v) is 2.38. The summed E-state index contributed by atoms with van der Waals surface area (Å²) in [6.07, 6.45) is 4.27. The molecule has 0 aromatic rings. The summed E-state index contributed by atoms with van der Waals surface area (Å²) >= 11 is 0. The number of likely N-dealkylation sites (tertiary alicyclic amines) is 1. The smallest absolute Gasteiger partial charge is 0.0108 e. The molecule has 0 aliphatic carbocycles. The zero-order valence-electron chi connectivity index (χ0n) is 8.05. The Balaban J connectivity index is 1.74. The summed E-state index contributed by atoms with van der Waals surface area (Å²) in [5, 5.41) is 3.53. The van der Waals surface area contributed by atoms with Gasteiger partial charge in [-0.25, -0.2) is 0 Å². The lowest BCUT2D eigenvalue weighted by Crippen LogP contribution is -2.51. The van der Waals surface area contributed by atoms with Crippen LogP contribution in [0.1, 0.15) is 26.2 Å². The van der Waals surface area contributed by atoms with E-state index in [-0.39, 0.29) is 0 Å². The van der Waals surface area contributed by atoms with Gasteiger partial charge in [-0.3, -0.25) is 0 Å². The minimum atomic E-state index is 0.879. The van der Waals surface area contributed by atoms with Crippen molar-refractivity contribution in [1.82, 2.24) is 10.2 Å². The Hall–Kier alpha value is -0.0800. The van der Waals surface area contributed by atoms with Crippen LogP contribution in [0.2, 0.25) is 0 Å². The first-order valence-corrected chi connectivity index (χ1v) is 5.36. The molecule has 2 aliphatic heterocycles. The van der Waals surface area contributed by atoms with Crippen molar-refractivity contribution in [3.8, 4) is 0 Å². The van der Waals surface area contributed by atoms with Gasteiger partial charge in [0.05, 0.1) is 0 Å². The second-order valence-electron chi connectivity index (χ2n) is 4.12. The van der Waals surface area contributed by atoms with E-state index in [1.54, 1.807) is 0 Å². The summed E-state index contributed by atoms with van der Waals surface area (Å²) < 4.78 is 0. The van der Waals surface area contributed by atoms with Crippen molar-refractivity contribution in [3.05, 3.63) is 0 Å². The Morgan fingerprint density at radius 1 is 1.25 bits per heavy atom. The molecule has 0 aromatic heterocycles. The van der Waals surface area contributed by atoms with Crippen LogP contribution in [0.5, 0.6) is 0 Å². The minimum Gasteiger partial charge on any atom is -0.314 e. The van der Waals surface area contributed by atoms with Crippen molar-refractivity contribution in [3.63, 3.8) is 0 Å². The molecule has 0 amide bonds. The predicted octanol–water partition coefficient (Wildman–Crippen LogP) is 1.08. The van der Waals surface area contributed by atoms with E-state index in [1.807, 2.05) is 0 Å². The molecule has 0 bridgehead atoms. The molecular formula is C10H20N2. The first-order valence-electron chi connectivity index (χ1n) is 5.36. The molecule has 2 saturated heterocycles. The highest BCUT2D eigenvalue weighted by molar-refractivity contribution is 4.87. The Labute approximate surface area is 75.3 Å². The molecule has 1 unspecified atom stereocenters. The fourth-order valence-electron chi connectivity index (χ4n) is 2.38. The highest BCUT2D eigenvalue weighted by atomic mass is 15.1. The molecule has 2 rings (SSSR count). The number of nitrogens with zero attached hydrogens (tertiary/aromatic N) is 1. The van der Waals surface area contributed by atoms with E-state index in [1.165, 1.54) is 45.4 Å². The van der Waals surface area contributed by atoms with Crippen LogP contribution in [0, 0.1) is 5.92 Å². The predicted molar refractivity (Wildman–Crippen MR) is 51.2 cm³/mol. The van der Waals surface area contributed by atoms with Gasteiger partial charge in [-0.05, 0) is 51.4 Å². The summed E-state index contributed by atoms with van der Waals surface area (Å²) in [6.45, 7) is 7.43. The highest BCUT2D eigenvalue weighted by Crippen LogP contribution is 2.25. The highest BCUT2D eigenvalue weighted by Gasteiger charge is 2.29. The van der Waals surface area contributed by atoms with Gasteiger partial charge in [0, 0.05) is 6.04 Å². The number of nitrogens with one attached hydrogen (secondary N) is 1. The molecule has 1 N–H and O–H groups in total. The zero-order valence-corrected chi connectivity index (χ0v) is 8.05. The maximum Gasteiger partial charge on any atom is 0.0108 e. The van der Waals surface area contributed by atoms with Crippen LogP contribution in [-0.4, -0.2) is 37.1 Å². The summed E-state index contributed by atoms with van der Waals surface area (Å²) in [7, 11) is 0. The molecule has 0 radical (unpaired) electrons. The minimum absolute atomic E-state index is 0.879. The lowest BCUT2D eigenvalue weighted by atomic mass is 9.84. The van der Waals surface area contributed by atoms with Crippen LogP contribution in [0.4, 0.5) is 0 Å². The quantitative estimate of drug-likeness (QED) is 0.664. The summed E-state index contributed by atoms with van der Waals surface area (Å²) in [5.74, 6) is 0.988. The van der Waals surface area contributed by atoms with Crippen LogP contribution in [0.25, 0.3) is 0 Å². The van der Waals surface area contributed by atoms with Gasteiger partial charge < -0.3 is 10.2 Å². The molecule has 70 valence electrons. The van der Waals surface area contributed by atoms with Crippen LogP contribution < -0.4 is 5.32 Å². The number of piperidine rings is 1. The molecule has 2 heterocycles. The maximum atomic E-state index is 3.53. The number of rotatable bonds is 2. The molecule has 0 aromatic carbocycles. The lowest BCUT2D eigenvalue weighted by molar-refractivity contribution is 0.139. The molecule has 0 spiro atoms. The summed E-state index contributed by atoms with van der Waals surface area (Å²) in [5.41, 5.74) is 0. The lowest BCUT2D eigenvalue weighted by Gasteiger charge is -2.40. The standard InChI is InChI=1S/C10H20N2/c1-2-12-7-4-9(5-8-12)10-3-6-11-10/h9-11H,2-8H2,1H3. The van der Waals surface area contributed by atoms with Crippen molar-refractivity contribution < 1.29 is 0 Å². The van der Waals surface area contributed by atoms with E-state index in [4.69, 9.17) is 0 Å². The van der Waals surface area contributed by atoms with Gasteiger partial charge in [0.25, 0.3) is 0 Å². The normalized spacial score (nSPS) is 33.2. The first kappa shape index (κ1) is 8.52. The van der Waals surface area contributed by atoms with Crippen molar-refractivity contribution >= 4 is 0 Å². The van der Waals surface area contributed by atoms with Crippen LogP contribution in [-0.2, 0) is 0 Å². The van der Waals surface area contributed by atoms with Crippen LogP contribution in [0.3, 0.4) is 0 Å². The molecular weight excluding hydrogens is 148 g/mol. The van der Waals surface area contributed by atoms with Crippen molar-refractivity contribution in [2.75, 3.05) is 26.2 Å². The van der Waals surface area contributed by atoms with Crippen molar-refractivity contribution in [1.29, 1.82) is 0 Å². The first-order chi connectivity index (χ1) is 5.90. The van der Waals surface area contributed by atoms with E-state index < -0.39 is 0 Å². The third-order valence-electron chi connectivity index (χ3n) is 3.51. The summed E-state index contributed by atoms with van der Waals surface area (Å²) in [4.78, 5) is 2.56. The molecule has 12 heavy (non-hydrogen) atoms. The summed E-state index contributed by atoms with van der Waals surface area (Å²) in [6, 6.07) is 0.879. The second-order valence-corrected chi connectivity index (χ2v) is 4.12. The van der Waals surface area contributed by atoms with Crippen molar-refractivity contribution in [2.45, 2.75) is 32.2 Å². The third-order valence-corrected chi connectivity index (χ3v) is 3.51. The van der Waals surface area contributed by atoms with Crippen LogP contribution >= 0.6 is 0 Å². The topological polar surface area (TPSA) is 15.3 Å². The largest absolute Gasteiger partial charge is 0.314 e. The van der Waals surface area contributed by atoms with Crippen molar-refractivity contribution in [2.24, 2.45) is 5.92 Å². The van der Waals surface area contributed by atoms with E-state index >= 15 is 0 Å². The molecule has 2 heteroatoms. The van der Waals surface area contributed by atoms with Gasteiger partial charge in [0.2, 0.25) is 0 Å². The average molecular weight is 168 g/mol. The van der Waals surface area contributed by atoms with E-state index in [0.29, 0.717) is 0 Å². The zero-order chi connectivity index (χ0) is 8.39. The van der Waals surface area contributed by atoms with Gasteiger partial charge in [0.15, 0.2) is 0 Å². The van der Waals surface area contributed by atoms with Gasteiger partial charge in [-0.1, -0.05) is 6.92 Å². The van der Waals surface area contributed by atoms with E-state index in [9.17, 15) is 0 Å². The van der Waals surface area contributed by atoms with E-state index in [2.05, 4.69) is 17.1 Å². The Kier molecular flexibility index (Phi) is 2.66. The SMILES string of the molecule is CCN1CCC(C2CCN2)CC1.